The zero-order chi connectivity index (χ0) is 13.4. The maximum absolute atomic E-state index is 12.0. The van der Waals surface area contributed by atoms with Crippen molar-refractivity contribution < 1.29 is 13.9 Å². The molecule has 100 valence electrons. The molecule has 1 aliphatic heterocycles. The van der Waals surface area contributed by atoms with Crippen molar-refractivity contribution >= 4 is 22.7 Å². The normalized spacial score (nSPS) is 22.8. The quantitative estimate of drug-likeness (QED) is 0.708. The Balaban J connectivity index is 1.80. The molecule has 0 radical (unpaired) electrons. The number of carbonyl (C=O) groups excluding carboxylic acids is 1. The third kappa shape index (κ3) is 2.25. The molecule has 7 heteroatoms. The molecule has 1 aliphatic rings. The van der Waals surface area contributed by atoms with E-state index in [1.807, 2.05) is 0 Å². The van der Waals surface area contributed by atoms with Gasteiger partial charge in [-0.2, -0.15) is 0 Å². The van der Waals surface area contributed by atoms with Gasteiger partial charge in [-0.05, 0) is 18.2 Å². The first-order valence-corrected chi connectivity index (χ1v) is 5.90. The fourth-order valence-corrected chi connectivity index (χ4v) is 2.11. The number of benzene rings is 1. The highest BCUT2D eigenvalue weighted by Crippen LogP contribution is 2.19. The molecule has 1 amide bonds. The summed E-state index contributed by atoms with van der Waals surface area (Å²) >= 11 is 0. The average Bonchev–Trinajstić information content (AvgIpc) is 2.93. The van der Waals surface area contributed by atoms with E-state index in [4.69, 9.17) is 14.9 Å². The molecule has 1 fully saturated rings. The first kappa shape index (κ1) is 11.9. The van der Waals surface area contributed by atoms with Crippen LogP contribution in [0, 0.1) is 5.92 Å². The summed E-state index contributed by atoms with van der Waals surface area (Å²) in [6.45, 7) is 0.726. The van der Waals surface area contributed by atoms with Crippen LogP contribution in [0.1, 0.15) is 0 Å². The molecule has 0 spiro atoms. The Morgan fingerprint density at radius 3 is 3.00 bits per heavy atom. The zero-order valence-electron chi connectivity index (χ0n) is 10.0. The molecule has 2 atom stereocenters. The van der Waals surface area contributed by atoms with Gasteiger partial charge in [-0.1, -0.05) is 0 Å². The lowest BCUT2D eigenvalue weighted by Gasteiger charge is -2.13. The van der Waals surface area contributed by atoms with E-state index >= 15 is 0 Å². The molecule has 19 heavy (non-hydrogen) atoms. The number of aromatic amines is 1. The monoisotopic (exact) mass is 263 g/mol. The minimum absolute atomic E-state index is 0.185. The third-order valence-corrected chi connectivity index (χ3v) is 3.15. The number of rotatable bonds is 2. The number of oxazole rings is 1. The molecule has 2 unspecified atom stereocenters. The summed E-state index contributed by atoms with van der Waals surface area (Å²) in [5.41, 5.74) is 7.34. The van der Waals surface area contributed by atoms with Gasteiger partial charge in [-0.3, -0.25) is 9.78 Å². The van der Waals surface area contributed by atoms with Crippen molar-refractivity contribution in [1.29, 1.82) is 0 Å². The summed E-state index contributed by atoms with van der Waals surface area (Å²) in [4.78, 5) is 25.6. The first-order valence-electron chi connectivity index (χ1n) is 5.90. The highest BCUT2D eigenvalue weighted by molar-refractivity contribution is 5.94. The Morgan fingerprint density at radius 2 is 2.26 bits per heavy atom. The van der Waals surface area contributed by atoms with Gasteiger partial charge in [0.25, 0.3) is 0 Å². The van der Waals surface area contributed by atoms with Crippen molar-refractivity contribution in [1.82, 2.24) is 4.98 Å². The summed E-state index contributed by atoms with van der Waals surface area (Å²) in [6, 6.07) is 4.64. The van der Waals surface area contributed by atoms with Gasteiger partial charge in [-0.25, -0.2) is 4.79 Å². The highest BCUT2D eigenvalue weighted by atomic mass is 16.5. The van der Waals surface area contributed by atoms with E-state index in [-0.39, 0.29) is 17.9 Å². The predicted octanol–water partition coefficient (Wildman–Crippen LogP) is 0.0333. The van der Waals surface area contributed by atoms with Crippen LogP contribution in [0.25, 0.3) is 11.1 Å². The van der Waals surface area contributed by atoms with E-state index in [0.29, 0.717) is 30.0 Å². The maximum atomic E-state index is 12.0. The van der Waals surface area contributed by atoms with Crippen LogP contribution < -0.4 is 16.8 Å². The number of nitrogens with one attached hydrogen (secondary N) is 2. The van der Waals surface area contributed by atoms with Crippen molar-refractivity contribution in [3.8, 4) is 0 Å². The number of ether oxygens (including phenoxy) is 1. The smallest absolute Gasteiger partial charge is 0.408 e. The molecule has 2 aromatic rings. The van der Waals surface area contributed by atoms with Crippen molar-refractivity contribution in [2.45, 2.75) is 6.04 Å². The van der Waals surface area contributed by atoms with Gasteiger partial charge in [0.2, 0.25) is 5.91 Å². The van der Waals surface area contributed by atoms with Crippen LogP contribution in [0.2, 0.25) is 0 Å². The Labute approximate surface area is 107 Å². The molecule has 1 saturated heterocycles. The van der Waals surface area contributed by atoms with E-state index in [2.05, 4.69) is 10.3 Å². The summed E-state index contributed by atoms with van der Waals surface area (Å²) in [5.74, 6) is -1.06. The fourth-order valence-electron chi connectivity index (χ4n) is 2.11. The van der Waals surface area contributed by atoms with Crippen molar-refractivity contribution in [2.24, 2.45) is 11.7 Å². The third-order valence-electron chi connectivity index (χ3n) is 3.15. The average molecular weight is 263 g/mol. The van der Waals surface area contributed by atoms with Gasteiger partial charge in [-0.15, -0.1) is 0 Å². The maximum Gasteiger partial charge on any atom is 0.417 e. The van der Waals surface area contributed by atoms with Gasteiger partial charge in [0.05, 0.1) is 24.6 Å². The number of amides is 1. The molecule has 7 nitrogen and oxygen atoms in total. The lowest BCUT2D eigenvalue weighted by Crippen LogP contribution is -2.37. The molecule has 4 N–H and O–H groups in total. The number of anilines is 1. The van der Waals surface area contributed by atoms with Crippen LogP contribution in [0.5, 0.6) is 0 Å². The van der Waals surface area contributed by atoms with Gasteiger partial charge in [0, 0.05) is 11.7 Å². The van der Waals surface area contributed by atoms with Crippen molar-refractivity contribution in [3.05, 3.63) is 28.7 Å². The molecule has 1 aromatic heterocycles. The lowest BCUT2D eigenvalue weighted by atomic mass is 10.0. The minimum atomic E-state index is -0.523. The SMILES string of the molecule is NC1COCC1C(=O)Nc1ccc2oc(=O)[nH]c2c1. The van der Waals surface area contributed by atoms with Crippen LogP contribution in [-0.2, 0) is 9.53 Å². The van der Waals surface area contributed by atoms with Gasteiger partial charge >= 0.3 is 5.76 Å². The Bertz CT molecular complexity index is 675. The van der Waals surface area contributed by atoms with Crippen LogP contribution in [0.4, 0.5) is 5.69 Å². The van der Waals surface area contributed by atoms with Crippen LogP contribution in [0.3, 0.4) is 0 Å². The summed E-state index contributed by atoms with van der Waals surface area (Å²) in [6.07, 6.45) is 0. The molecule has 0 aliphatic carbocycles. The second-order valence-electron chi connectivity index (χ2n) is 4.52. The van der Waals surface area contributed by atoms with Crippen LogP contribution >= 0.6 is 0 Å². The predicted molar refractivity (Wildman–Crippen MR) is 67.7 cm³/mol. The number of hydrogen-bond donors (Lipinski definition) is 3. The van der Waals surface area contributed by atoms with E-state index in [1.165, 1.54) is 0 Å². The standard InChI is InChI=1S/C12H13N3O4/c13-8-5-18-4-7(8)11(16)14-6-1-2-10-9(3-6)15-12(17)19-10/h1-3,7-8H,4-5,13H2,(H,14,16)(H,15,17). The van der Waals surface area contributed by atoms with Crippen LogP contribution in [-0.4, -0.2) is 30.1 Å². The summed E-state index contributed by atoms with van der Waals surface area (Å²) in [5, 5.41) is 2.75. The van der Waals surface area contributed by atoms with Gasteiger partial charge in [0.15, 0.2) is 5.58 Å². The number of carbonyl (C=O) groups is 1. The highest BCUT2D eigenvalue weighted by Gasteiger charge is 2.31. The number of nitrogens with two attached hydrogens (primary N) is 1. The van der Waals surface area contributed by atoms with E-state index < -0.39 is 5.76 Å². The number of fused-ring (bicyclic) bond motifs is 1. The zero-order valence-corrected chi connectivity index (χ0v) is 10.0. The largest absolute Gasteiger partial charge is 0.417 e. The molecule has 3 rings (SSSR count). The number of aromatic nitrogens is 1. The van der Waals surface area contributed by atoms with Crippen LogP contribution in [0.15, 0.2) is 27.4 Å². The Kier molecular flexibility index (Phi) is 2.84. The lowest BCUT2D eigenvalue weighted by molar-refractivity contribution is -0.120. The van der Waals surface area contributed by atoms with E-state index in [9.17, 15) is 9.59 Å². The van der Waals surface area contributed by atoms with Gasteiger partial charge < -0.3 is 20.2 Å². The number of hydrogen-bond acceptors (Lipinski definition) is 5. The number of H-pyrrole nitrogens is 1. The van der Waals surface area contributed by atoms with Gasteiger partial charge in [0.1, 0.15) is 0 Å². The minimum Gasteiger partial charge on any atom is -0.408 e. The molecule has 0 saturated carbocycles. The van der Waals surface area contributed by atoms with E-state index in [0.717, 1.165) is 0 Å². The second-order valence-corrected chi connectivity index (χ2v) is 4.52. The Hall–Kier alpha value is -2.12. The molecular formula is C12H13N3O4. The first-order chi connectivity index (χ1) is 9.13. The topological polar surface area (TPSA) is 110 Å². The van der Waals surface area contributed by atoms with E-state index in [1.54, 1.807) is 18.2 Å². The molecule has 0 bridgehead atoms. The van der Waals surface area contributed by atoms with Crippen molar-refractivity contribution in [2.75, 3.05) is 18.5 Å². The van der Waals surface area contributed by atoms with Crippen molar-refractivity contribution in [3.63, 3.8) is 0 Å². The summed E-state index contributed by atoms with van der Waals surface area (Å²) < 4.78 is 10.0. The second kappa shape index (κ2) is 4.52. The fraction of sp³-hybridized carbons (Fsp3) is 0.333. The molecule has 1 aromatic carbocycles. The Morgan fingerprint density at radius 1 is 1.42 bits per heavy atom. The molecule has 2 heterocycles. The summed E-state index contributed by atoms with van der Waals surface area (Å²) in [7, 11) is 0. The molecular weight excluding hydrogens is 250 g/mol.